The predicted molar refractivity (Wildman–Crippen MR) is 78.9 cm³/mol. The van der Waals surface area contributed by atoms with Crippen molar-refractivity contribution in [2.75, 3.05) is 5.84 Å². The minimum Gasteiger partial charge on any atom is -0.347 e. The van der Waals surface area contributed by atoms with Crippen LogP contribution in [0.4, 0.5) is 18.9 Å². The molecular formula is C13H10ClF3N4O3. The van der Waals surface area contributed by atoms with Crippen LogP contribution in [0.1, 0.15) is 21.6 Å². The predicted octanol–water partition coefficient (Wildman–Crippen LogP) is 2.71. The third-order valence-corrected chi connectivity index (χ3v) is 3.40. The summed E-state index contributed by atoms with van der Waals surface area (Å²) in [5, 5.41) is 12.5. The molecule has 2 aromatic rings. The van der Waals surface area contributed by atoms with Gasteiger partial charge in [0.05, 0.1) is 15.5 Å². The van der Waals surface area contributed by atoms with Crippen LogP contribution in [0.5, 0.6) is 0 Å². The van der Waals surface area contributed by atoms with E-state index in [1.165, 1.54) is 6.07 Å². The van der Waals surface area contributed by atoms with Crippen molar-refractivity contribution in [2.24, 2.45) is 0 Å². The molecule has 1 aromatic heterocycles. The number of hydrogen-bond acceptors (Lipinski definition) is 4. The van der Waals surface area contributed by atoms with Crippen LogP contribution >= 0.6 is 11.6 Å². The van der Waals surface area contributed by atoms with Crippen LogP contribution in [0, 0.1) is 10.1 Å². The summed E-state index contributed by atoms with van der Waals surface area (Å²) >= 11 is 5.50. The largest absolute Gasteiger partial charge is 0.417 e. The smallest absolute Gasteiger partial charge is 0.347 e. The van der Waals surface area contributed by atoms with Crippen molar-refractivity contribution >= 4 is 23.2 Å². The zero-order chi connectivity index (χ0) is 18.1. The first-order valence-corrected chi connectivity index (χ1v) is 6.73. The van der Waals surface area contributed by atoms with E-state index < -0.39 is 27.6 Å². The maximum Gasteiger partial charge on any atom is 0.417 e. The summed E-state index contributed by atoms with van der Waals surface area (Å²) in [7, 11) is 0. The summed E-state index contributed by atoms with van der Waals surface area (Å²) in [6.45, 7) is -0.238. The molecule has 7 nitrogen and oxygen atoms in total. The summed E-state index contributed by atoms with van der Waals surface area (Å²) < 4.78 is 39.1. The lowest BCUT2D eigenvalue weighted by atomic mass is 10.1. The molecule has 0 saturated heterocycles. The SMILES string of the molecule is Nn1cc([N+](=O)[O-])cc1C(=O)NCc1ccc(Cl)c(C(F)(F)F)c1. The standard InChI is InChI=1S/C13H10ClF3N4O3/c14-10-2-1-7(3-9(10)13(15,16)17)5-19-12(22)11-4-8(21(23)24)6-20(11)18/h1-4,6H,5,18H2,(H,19,22). The molecule has 1 heterocycles. The highest BCUT2D eigenvalue weighted by molar-refractivity contribution is 6.31. The molecule has 0 atom stereocenters. The summed E-state index contributed by atoms with van der Waals surface area (Å²) in [6.07, 6.45) is -3.68. The normalized spacial score (nSPS) is 11.3. The Morgan fingerprint density at radius 2 is 2.04 bits per heavy atom. The van der Waals surface area contributed by atoms with Gasteiger partial charge in [-0.3, -0.25) is 19.6 Å². The van der Waals surface area contributed by atoms with Gasteiger partial charge in [0, 0.05) is 12.6 Å². The van der Waals surface area contributed by atoms with Gasteiger partial charge in [0.1, 0.15) is 11.9 Å². The third kappa shape index (κ3) is 3.77. The molecule has 0 aliphatic carbocycles. The van der Waals surface area contributed by atoms with Gasteiger partial charge >= 0.3 is 6.18 Å². The second kappa shape index (κ2) is 6.40. The quantitative estimate of drug-likeness (QED) is 0.495. The number of nitrogens with one attached hydrogen (secondary N) is 1. The summed E-state index contributed by atoms with van der Waals surface area (Å²) in [5.74, 6) is 4.67. The minimum absolute atomic E-state index is 0.157. The van der Waals surface area contributed by atoms with E-state index in [-0.39, 0.29) is 23.5 Å². The van der Waals surface area contributed by atoms with Crippen LogP contribution in [-0.2, 0) is 12.7 Å². The van der Waals surface area contributed by atoms with Crippen LogP contribution in [-0.4, -0.2) is 15.5 Å². The molecule has 0 saturated carbocycles. The highest BCUT2D eigenvalue weighted by Crippen LogP contribution is 2.35. The van der Waals surface area contributed by atoms with E-state index in [1.807, 2.05) is 0 Å². The van der Waals surface area contributed by atoms with E-state index in [9.17, 15) is 28.1 Å². The van der Waals surface area contributed by atoms with Crippen LogP contribution in [0.3, 0.4) is 0 Å². The van der Waals surface area contributed by atoms with Gasteiger partial charge in [0.25, 0.3) is 11.6 Å². The average molecular weight is 363 g/mol. The molecular weight excluding hydrogens is 353 g/mol. The van der Waals surface area contributed by atoms with E-state index in [0.29, 0.717) is 0 Å². The van der Waals surface area contributed by atoms with Crippen LogP contribution in [0.25, 0.3) is 0 Å². The number of halogens is 4. The van der Waals surface area contributed by atoms with Gasteiger partial charge in [-0.2, -0.15) is 13.2 Å². The Kier molecular flexibility index (Phi) is 4.69. The van der Waals surface area contributed by atoms with Crippen molar-refractivity contribution in [3.05, 3.63) is 62.4 Å². The summed E-state index contributed by atoms with van der Waals surface area (Å²) in [5.41, 5.74) is -1.45. The van der Waals surface area contributed by atoms with Gasteiger partial charge in [-0.15, -0.1) is 0 Å². The Labute approximate surface area is 137 Å². The number of aromatic nitrogens is 1. The van der Waals surface area contributed by atoms with E-state index >= 15 is 0 Å². The maximum atomic E-state index is 12.8. The molecule has 1 aromatic carbocycles. The Morgan fingerprint density at radius 3 is 2.58 bits per heavy atom. The van der Waals surface area contributed by atoms with Gasteiger partial charge in [-0.05, 0) is 17.7 Å². The Hall–Kier alpha value is -2.75. The van der Waals surface area contributed by atoms with Crippen LogP contribution in [0.2, 0.25) is 5.02 Å². The first-order valence-electron chi connectivity index (χ1n) is 6.35. The number of amides is 1. The van der Waals surface area contributed by atoms with Crippen molar-refractivity contribution in [3.8, 4) is 0 Å². The van der Waals surface area contributed by atoms with E-state index in [2.05, 4.69) is 5.32 Å². The van der Waals surface area contributed by atoms with Crippen LogP contribution < -0.4 is 11.2 Å². The fourth-order valence-corrected chi connectivity index (χ4v) is 2.14. The number of carbonyl (C=O) groups is 1. The van der Waals surface area contributed by atoms with Crippen molar-refractivity contribution in [1.29, 1.82) is 0 Å². The number of carbonyl (C=O) groups excluding carboxylic acids is 1. The Balaban J connectivity index is 2.14. The highest BCUT2D eigenvalue weighted by Gasteiger charge is 2.33. The molecule has 1 amide bonds. The van der Waals surface area contributed by atoms with Gasteiger partial charge in [0.15, 0.2) is 0 Å². The Morgan fingerprint density at radius 1 is 1.38 bits per heavy atom. The molecule has 0 aliphatic rings. The number of hydrogen-bond donors (Lipinski definition) is 2. The Bertz CT molecular complexity index is 804. The number of rotatable bonds is 4. The lowest BCUT2D eigenvalue weighted by molar-refractivity contribution is -0.384. The summed E-state index contributed by atoms with van der Waals surface area (Å²) in [6, 6.07) is 4.16. The third-order valence-electron chi connectivity index (χ3n) is 3.07. The molecule has 0 fully saturated rings. The zero-order valence-corrected chi connectivity index (χ0v) is 12.6. The first kappa shape index (κ1) is 17.6. The number of alkyl halides is 3. The van der Waals surface area contributed by atoms with Crippen molar-refractivity contribution < 1.29 is 22.9 Å². The molecule has 0 bridgehead atoms. The number of nitrogen functional groups attached to an aromatic ring is 1. The number of nitrogens with two attached hydrogens (primary N) is 1. The van der Waals surface area contributed by atoms with Gasteiger partial charge in [0.2, 0.25) is 0 Å². The summed E-state index contributed by atoms with van der Waals surface area (Å²) in [4.78, 5) is 21.8. The van der Waals surface area contributed by atoms with Crippen molar-refractivity contribution in [2.45, 2.75) is 12.7 Å². The first-order chi connectivity index (χ1) is 11.1. The number of nitro groups is 1. The lowest BCUT2D eigenvalue weighted by Gasteiger charge is -2.11. The van der Waals surface area contributed by atoms with E-state index in [1.54, 1.807) is 0 Å². The van der Waals surface area contributed by atoms with Crippen molar-refractivity contribution in [1.82, 2.24) is 9.99 Å². The molecule has 2 rings (SSSR count). The lowest BCUT2D eigenvalue weighted by Crippen LogP contribution is -2.27. The van der Waals surface area contributed by atoms with Gasteiger partial charge in [-0.1, -0.05) is 17.7 Å². The minimum atomic E-state index is -4.62. The van der Waals surface area contributed by atoms with Crippen LogP contribution in [0.15, 0.2) is 30.5 Å². The van der Waals surface area contributed by atoms with Gasteiger partial charge in [-0.25, -0.2) is 0 Å². The number of benzene rings is 1. The zero-order valence-electron chi connectivity index (χ0n) is 11.8. The second-order valence-corrected chi connectivity index (χ2v) is 5.15. The molecule has 24 heavy (non-hydrogen) atoms. The van der Waals surface area contributed by atoms with E-state index in [0.717, 1.165) is 29.1 Å². The average Bonchev–Trinajstić information content (AvgIpc) is 2.87. The fraction of sp³-hybridized carbons (Fsp3) is 0.154. The molecule has 0 radical (unpaired) electrons. The molecule has 0 spiro atoms. The number of nitrogens with zero attached hydrogens (tertiary/aromatic N) is 2. The molecule has 11 heteroatoms. The molecule has 3 N–H and O–H groups in total. The topological polar surface area (TPSA) is 103 Å². The molecule has 128 valence electrons. The highest BCUT2D eigenvalue weighted by atomic mass is 35.5. The molecule has 0 aliphatic heterocycles. The monoisotopic (exact) mass is 362 g/mol. The van der Waals surface area contributed by atoms with Gasteiger partial charge < -0.3 is 11.2 Å². The molecule has 0 unspecified atom stereocenters. The van der Waals surface area contributed by atoms with Crippen molar-refractivity contribution in [3.63, 3.8) is 0 Å². The second-order valence-electron chi connectivity index (χ2n) is 4.74. The fourth-order valence-electron chi connectivity index (χ4n) is 1.92. The maximum absolute atomic E-state index is 12.8. The van der Waals surface area contributed by atoms with E-state index in [4.69, 9.17) is 17.4 Å².